The fraction of sp³-hybridized carbons (Fsp3) is 0.526. The first-order chi connectivity index (χ1) is 13.0. The highest BCUT2D eigenvalue weighted by Crippen LogP contribution is 2.10. The number of carbonyl (C=O) groups excluding carboxylic acids is 2. The van der Waals surface area contributed by atoms with Crippen molar-refractivity contribution in [2.75, 3.05) is 51.7 Å². The van der Waals surface area contributed by atoms with E-state index < -0.39 is 0 Å². The second-order valence-corrected chi connectivity index (χ2v) is 6.28. The number of benzene rings is 1. The van der Waals surface area contributed by atoms with Crippen molar-refractivity contribution in [3.63, 3.8) is 0 Å². The number of hydrogen-bond donors (Lipinski definition) is 2. The molecule has 1 aliphatic rings. The summed E-state index contributed by atoms with van der Waals surface area (Å²) in [5.74, 6) is 0.768. The molecule has 27 heavy (non-hydrogen) atoms. The number of nitrogens with zero attached hydrogens (tertiary/aromatic N) is 3. The number of nitrogens with one attached hydrogen (secondary N) is 2. The summed E-state index contributed by atoms with van der Waals surface area (Å²) in [6, 6.07) is 7.82. The van der Waals surface area contributed by atoms with Crippen molar-refractivity contribution in [3.05, 3.63) is 29.8 Å². The molecule has 1 aromatic rings. The van der Waals surface area contributed by atoms with Crippen LogP contribution in [0.3, 0.4) is 0 Å². The lowest BCUT2D eigenvalue weighted by atomic mass is 10.1. The summed E-state index contributed by atoms with van der Waals surface area (Å²) in [4.78, 5) is 31.0. The van der Waals surface area contributed by atoms with E-state index in [1.165, 1.54) is 12.5 Å². The van der Waals surface area contributed by atoms with Gasteiger partial charge >= 0.3 is 6.09 Å². The first-order valence-corrected chi connectivity index (χ1v) is 9.27. The molecule has 0 unspecified atom stereocenters. The van der Waals surface area contributed by atoms with Crippen LogP contribution >= 0.6 is 0 Å². The second kappa shape index (κ2) is 10.4. The van der Waals surface area contributed by atoms with E-state index in [2.05, 4.69) is 20.5 Å². The van der Waals surface area contributed by atoms with Crippen LogP contribution in [0, 0.1) is 0 Å². The average Bonchev–Trinajstić information content (AvgIpc) is 2.66. The van der Waals surface area contributed by atoms with Gasteiger partial charge in [0.2, 0.25) is 5.91 Å². The van der Waals surface area contributed by atoms with Crippen LogP contribution in [0.25, 0.3) is 0 Å². The van der Waals surface area contributed by atoms with Gasteiger partial charge in [-0.15, -0.1) is 0 Å². The molecule has 2 amide bonds. The minimum atomic E-state index is -0.247. The van der Waals surface area contributed by atoms with Crippen molar-refractivity contribution in [1.29, 1.82) is 0 Å². The molecule has 2 N–H and O–H groups in total. The van der Waals surface area contributed by atoms with Gasteiger partial charge in [0.05, 0.1) is 6.61 Å². The Balaban J connectivity index is 1.76. The van der Waals surface area contributed by atoms with Gasteiger partial charge in [-0.3, -0.25) is 9.79 Å². The van der Waals surface area contributed by atoms with Gasteiger partial charge in [0, 0.05) is 52.4 Å². The van der Waals surface area contributed by atoms with E-state index in [9.17, 15) is 9.59 Å². The molecule has 8 heteroatoms. The summed E-state index contributed by atoms with van der Waals surface area (Å²) in [5, 5.41) is 6.14. The number of anilines is 1. The SMILES string of the molecule is CCOC(=O)N1CCN(C(=NC)NCCc2ccc(NC(C)=O)cc2)CC1. The van der Waals surface area contributed by atoms with Crippen LogP contribution in [0.4, 0.5) is 10.5 Å². The van der Waals surface area contributed by atoms with Gasteiger partial charge in [-0.2, -0.15) is 0 Å². The third-order valence-electron chi connectivity index (χ3n) is 4.29. The Hall–Kier alpha value is -2.77. The van der Waals surface area contributed by atoms with Crippen LogP contribution in [-0.2, 0) is 16.0 Å². The van der Waals surface area contributed by atoms with Crippen LogP contribution < -0.4 is 10.6 Å². The van der Waals surface area contributed by atoms with Crippen molar-refractivity contribution in [3.8, 4) is 0 Å². The summed E-state index contributed by atoms with van der Waals surface area (Å²) in [5.41, 5.74) is 1.98. The third-order valence-corrected chi connectivity index (χ3v) is 4.29. The molecule has 0 saturated carbocycles. The van der Waals surface area contributed by atoms with E-state index >= 15 is 0 Å². The molecule has 1 heterocycles. The highest BCUT2D eigenvalue weighted by atomic mass is 16.6. The standard InChI is InChI=1S/C19H29N5O3/c1-4-27-19(26)24-13-11-23(12-14-24)18(20-3)21-10-9-16-5-7-17(8-6-16)22-15(2)25/h5-8H,4,9-14H2,1-3H3,(H,20,21)(H,22,25). The molecule has 0 spiro atoms. The van der Waals surface area contributed by atoms with Crippen molar-refractivity contribution < 1.29 is 14.3 Å². The lowest BCUT2D eigenvalue weighted by molar-refractivity contribution is -0.114. The minimum absolute atomic E-state index is 0.0729. The molecule has 2 rings (SSSR count). The molecule has 1 fully saturated rings. The number of ether oxygens (including phenoxy) is 1. The molecule has 0 aliphatic carbocycles. The fourth-order valence-electron chi connectivity index (χ4n) is 2.92. The van der Waals surface area contributed by atoms with E-state index in [0.717, 1.165) is 37.7 Å². The number of guanidine groups is 1. The number of hydrogen-bond acceptors (Lipinski definition) is 4. The summed E-state index contributed by atoms with van der Waals surface area (Å²) in [6.07, 6.45) is 0.602. The van der Waals surface area contributed by atoms with Crippen LogP contribution in [0.2, 0.25) is 0 Å². The Kier molecular flexibility index (Phi) is 7.91. The van der Waals surface area contributed by atoms with Crippen LogP contribution in [0.5, 0.6) is 0 Å². The highest BCUT2D eigenvalue weighted by Gasteiger charge is 2.23. The zero-order valence-corrected chi connectivity index (χ0v) is 16.3. The Morgan fingerprint density at radius 1 is 1.11 bits per heavy atom. The molecule has 8 nitrogen and oxygen atoms in total. The van der Waals surface area contributed by atoms with Crippen LogP contribution in [-0.4, -0.2) is 74.1 Å². The van der Waals surface area contributed by atoms with Gasteiger partial charge in [0.15, 0.2) is 5.96 Å². The highest BCUT2D eigenvalue weighted by molar-refractivity contribution is 5.88. The molecular weight excluding hydrogens is 346 g/mol. The number of amides is 2. The first-order valence-electron chi connectivity index (χ1n) is 9.27. The second-order valence-electron chi connectivity index (χ2n) is 6.28. The van der Waals surface area contributed by atoms with Gasteiger partial charge in [-0.25, -0.2) is 4.79 Å². The Morgan fingerprint density at radius 2 is 1.74 bits per heavy atom. The predicted molar refractivity (Wildman–Crippen MR) is 106 cm³/mol. The van der Waals surface area contributed by atoms with Crippen molar-refractivity contribution >= 4 is 23.6 Å². The van der Waals surface area contributed by atoms with E-state index in [0.29, 0.717) is 19.7 Å². The first kappa shape index (κ1) is 20.5. The summed E-state index contributed by atoms with van der Waals surface area (Å²) < 4.78 is 5.05. The monoisotopic (exact) mass is 375 g/mol. The van der Waals surface area contributed by atoms with Crippen molar-refractivity contribution in [2.24, 2.45) is 4.99 Å². The van der Waals surface area contributed by atoms with E-state index in [-0.39, 0.29) is 12.0 Å². The van der Waals surface area contributed by atoms with E-state index in [4.69, 9.17) is 4.74 Å². The lowest BCUT2D eigenvalue weighted by Crippen LogP contribution is -2.54. The van der Waals surface area contributed by atoms with Crippen LogP contribution in [0.15, 0.2) is 29.3 Å². The molecule has 0 radical (unpaired) electrons. The predicted octanol–water partition coefficient (Wildman–Crippen LogP) is 1.54. The summed E-state index contributed by atoms with van der Waals surface area (Å²) in [7, 11) is 1.77. The summed E-state index contributed by atoms with van der Waals surface area (Å²) in [6.45, 7) is 7.17. The van der Waals surface area contributed by atoms with Gasteiger partial charge < -0.3 is 25.2 Å². The maximum atomic E-state index is 11.8. The normalized spacial score (nSPS) is 14.7. The van der Waals surface area contributed by atoms with Crippen molar-refractivity contribution in [1.82, 2.24) is 15.1 Å². The van der Waals surface area contributed by atoms with Gasteiger partial charge in [-0.05, 0) is 31.0 Å². The van der Waals surface area contributed by atoms with Gasteiger partial charge in [0.1, 0.15) is 0 Å². The number of aliphatic imine (C=N–C) groups is 1. The lowest BCUT2D eigenvalue weighted by Gasteiger charge is -2.35. The molecule has 0 bridgehead atoms. The maximum Gasteiger partial charge on any atom is 0.409 e. The molecule has 1 aromatic carbocycles. The molecule has 1 saturated heterocycles. The molecule has 148 valence electrons. The quantitative estimate of drug-likeness (QED) is 0.602. The Labute approximate surface area is 160 Å². The van der Waals surface area contributed by atoms with Gasteiger partial charge in [0.25, 0.3) is 0 Å². The van der Waals surface area contributed by atoms with E-state index in [1.54, 1.807) is 11.9 Å². The molecule has 1 aliphatic heterocycles. The fourth-order valence-corrected chi connectivity index (χ4v) is 2.92. The van der Waals surface area contributed by atoms with Gasteiger partial charge in [-0.1, -0.05) is 12.1 Å². The third kappa shape index (κ3) is 6.47. The smallest absolute Gasteiger partial charge is 0.409 e. The minimum Gasteiger partial charge on any atom is -0.450 e. The van der Waals surface area contributed by atoms with E-state index in [1.807, 2.05) is 31.2 Å². The molecule has 0 aromatic heterocycles. The number of carbonyl (C=O) groups is 2. The molecular formula is C19H29N5O3. The van der Waals surface area contributed by atoms with Crippen LogP contribution in [0.1, 0.15) is 19.4 Å². The summed E-state index contributed by atoms with van der Waals surface area (Å²) >= 11 is 0. The molecule has 0 atom stereocenters. The van der Waals surface area contributed by atoms with Crippen molar-refractivity contribution in [2.45, 2.75) is 20.3 Å². The number of piperazine rings is 1. The average molecular weight is 375 g/mol. The zero-order valence-electron chi connectivity index (χ0n) is 16.3. The topological polar surface area (TPSA) is 86.3 Å². The zero-order chi connectivity index (χ0) is 19.6. The number of rotatable bonds is 5. The maximum absolute atomic E-state index is 11.8. The Bertz CT molecular complexity index is 652. The largest absolute Gasteiger partial charge is 0.450 e. The Morgan fingerprint density at radius 3 is 2.30 bits per heavy atom.